The number of hydrogen-bond acceptors (Lipinski definition) is 1. The summed E-state index contributed by atoms with van der Waals surface area (Å²) in [5.74, 6) is -0.241. The van der Waals surface area contributed by atoms with Gasteiger partial charge in [-0.05, 0) is 42.7 Å². The smallest absolute Gasteiger partial charge is 0.352 e. The lowest BCUT2D eigenvalue weighted by Gasteiger charge is -2.38. The fourth-order valence-electron chi connectivity index (χ4n) is 3.41. The molecule has 0 fully saturated rings. The largest absolute Gasteiger partial charge is 0.477 e. The Hall–Kier alpha value is -1.77. The average molecular weight is 301 g/mol. The molecule has 0 bridgehead atoms. The molecule has 0 aliphatic heterocycles. The van der Waals surface area contributed by atoms with Gasteiger partial charge in [0.15, 0.2) is 0 Å². The predicted molar refractivity (Wildman–Crippen MR) is 90.0 cm³/mol. The van der Waals surface area contributed by atoms with Gasteiger partial charge in [-0.15, -0.1) is 0 Å². The molecule has 1 aromatic heterocycles. The fraction of sp³-hybridized carbons (Fsp3) is 0.526. The zero-order chi connectivity index (χ0) is 16.0. The molecule has 0 saturated carbocycles. The van der Waals surface area contributed by atoms with Crippen LogP contribution in [0.25, 0.3) is 0 Å². The number of carbonyl (C=O) groups is 1. The van der Waals surface area contributed by atoms with Crippen LogP contribution in [0, 0.1) is 11.3 Å². The fourth-order valence-corrected chi connectivity index (χ4v) is 3.41. The highest BCUT2D eigenvalue weighted by Crippen LogP contribution is 2.42. The van der Waals surface area contributed by atoms with Crippen molar-refractivity contribution in [3.8, 4) is 0 Å². The summed E-state index contributed by atoms with van der Waals surface area (Å²) in [7, 11) is 0. The van der Waals surface area contributed by atoms with Crippen LogP contribution >= 0.6 is 0 Å². The molecule has 0 radical (unpaired) electrons. The Kier molecular flexibility index (Phi) is 5.64. The zero-order valence-corrected chi connectivity index (χ0v) is 13.7. The van der Waals surface area contributed by atoms with E-state index in [1.165, 1.54) is 19.3 Å². The normalized spacial score (nSPS) is 21.9. The minimum atomic E-state index is -0.850. The molecule has 3 nitrogen and oxygen atoms in total. The Morgan fingerprint density at radius 3 is 2.91 bits per heavy atom. The van der Waals surface area contributed by atoms with E-state index in [-0.39, 0.29) is 5.41 Å². The van der Waals surface area contributed by atoms with Crippen LogP contribution in [0.2, 0.25) is 0 Å². The number of rotatable bonds is 8. The molecule has 0 aromatic carbocycles. The number of carboxylic acids is 1. The van der Waals surface area contributed by atoms with Gasteiger partial charge in [0.05, 0.1) is 0 Å². The van der Waals surface area contributed by atoms with E-state index in [4.69, 9.17) is 0 Å². The SMILES string of the molecule is CCCCC(C)C1(CCn2cccc2C(=O)O)C=CC=CC1. The molecule has 1 aliphatic rings. The standard InChI is InChI=1S/C19H27NO2/c1-3-4-9-16(2)19(11-6-5-7-12-19)13-15-20-14-8-10-17(20)18(21)22/h5-8,10-11,14,16H,3-4,9,12-13,15H2,1-2H3,(H,21,22). The van der Waals surface area contributed by atoms with Gasteiger partial charge in [-0.2, -0.15) is 0 Å². The number of nitrogens with zero attached hydrogens (tertiary/aromatic N) is 1. The van der Waals surface area contributed by atoms with Gasteiger partial charge >= 0.3 is 5.97 Å². The summed E-state index contributed by atoms with van der Waals surface area (Å²) >= 11 is 0. The van der Waals surface area contributed by atoms with E-state index in [1.54, 1.807) is 6.07 Å². The zero-order valence-electron chi connectivity index (χ0n) is 13.7. The van der Waals surface area contributed by atoms with Crippen LogP contribution < -0.4 is 0 Å². The highest BCUT2D eigenvalue weighted by molar-refractivity contribution is 5.85. The molecule has 120 valence electrons. The van der Waals surface area contributed by atoms with Crippen LogP contribution in [0.15, 0.2) is 42.6 Å². The molecule has 2 atom stereocenters. The summed E-state index contributed by atoms with van der Waals surface area (Å²) in [6.07, 6.45) is 16.5. The van der Waals surface area contributed by atoms with Gasteiger partial charge in [0, 0.05) is 12.7 Å². The summed E-state index contributed by atoms with van der Waals surface area (Å²) < 4.78 is 1.86. The molecular weight excluding hydrogens is 274 g/mol. The summed E-state index contributed by atoms with van der Waals surface area (Å²) in [6, 6.07) is 3.49. The first kappa shape index (κ1) is 16.6. The molecule has 1 heterocycles. The minimum absolute atomic E-state index is 0.157. The highest BCUT2D eigenvalue weighted by atomic mass is 16.4. The van der Waals surface area contributed by atoms with Crippen molar-refractivity contribution in [1.29, 1.82) is 0 Å². The average Bonchev–Trinajstić information content (AvgIpc) is 3.00. The van der Waals surface area contributed by atoms with Crippen LogP contribution in [0.4, 0.5) is 0 Å². The monoisotopic (exact) mass is 301 g/mol. The lowest BCUT2D eigenvalue weighted by atomic mass is 9.68. The number of unbranched alkanes of at least 4 members (excludes halogenated alkanes) is 1. The maximum absolute atomic E-state index is 11.2. The number of carboxylic acid groups (broad SMARTS) is 1. The molecule has 0 spiro atoms. The summed E-state index contributed by atoms with van der Waals surface area (Å²) in [5.41, 5.74) is 0.538. The molecule has 0 amide bonds. The maximum atomic E-state index is 11.2. The van der Waals surface area contributed by atoms with Gasteiger partial charge < -0.3 is 9.67 Å². The highest BCUT2D eigenvalue weighted by Gasteiger charge is 2.33. The van der Waals surface area contributed by atoms with Crippen molar-refractivity contribution in [1.82, 2.24) is 4.57 Å². The van der Waals surface area contributed by atoms with Crippen LogP contribution in [-0.4, -0.2) is 15.6 Å². The number of allylic oxidation sites excluding steroid dienone is 4. The Morgan fingerprint density at radius 1 is 1.45 bits per heavy atom. The van der Waals surface area contributed by atoms with Gasteiger partial charge in [-0.25, -0.2) is 4.79 Å². The van der Waals surface area contributed by atoms with E-state index in [9.17, 15) is 9.90 Å². The molecule has 3 heteroatoms. The van der Waals surface area contributed by atoms with Gasteiger partial charge in [0.25, 0.3) is 0 Å². The van der Waals surface area contributed by atoms with E-state index in [0.717, 1.165) is 19.4 Å². The predicted octanol–water partition coefficient (Wildman–Crippen LogP) is 4.91. The van der Waals surface area contributed by atoms with Crippen molar-refractivity contribution in [3.63, 3.8) is 0 Å². The van der Waals surface area contributed by atoms with Crippen molar-refractivity contribution in [2.24, 2.45) is 11.3 Å². The molecule has 0 saturated heterocycles. The first-order valence-corrected chi connectivity index (χ1v) is 8.32. The number of hydrogen-bond donors (Lipinski definition) is 1. The molecule has 2 unspecified atom stereocenters. The van der Waals surface area contributed by atoms with E-state index in [0.29, 0.717) is 11.6 Å². The molecular formula is C19H27NO2. The molecule has 2 rings (SSSR count). The lowest BCUT2D eigenvalue weighted by molar-refractivity contribution is 0.0683. The minimum Gasteiger partial charge on any atom is -0.477 e. The third-order valence-corrected chi connectivity index (χ3v) is 5.01. The quantitative estimate of drug-likeness (QED) is 0.741. The number of aromatic carboxylic acids is 1. The number of aryl methyl sites for hydroxylation is 1. The van der Waals surface area contributed by atoms with Crippen LogP contribution in [-0.2, 0) is 6.54 Å². The third kappa shape index (κ3) is 3.70. The molecule has 1 N–H and O–H groups in total. The van der Waals surface area contributed by atoms with Crippen molar-refractivity contribution in [2.75, 3.05) is 0 Å². The van der Waals surface area contributed by atoms with Crippen molar-refractivity contribution in [2.45, 2.75) is 52.5 Å². The van der Waals surface area contributed by atoms with E-state index < -0.39 is 5.97 Å². The van der Waals surface area contributed by atoms with Gasteiger partial charge in [-0.3, -0.25) is 0 Å². The van der Waals surface area contributed by atoms with Gasteiger partial charge in [0.2, 0.25) is 0 Å². The third-order valence-electron chi connectivity index (χ3n) is 5.01. The first-order valence-electron chi connectivity index (χ1n) is 8.32. The summed E-state index contributed by atoms with van der Waals surface area (Å²) in [6.45, 7) is 5.32. The Morgan fingerprint density at radius 2 is 2.27 bits per heavy atom. The van der Waals surface area contributed by atoms with Crippen molar-refractivity contribution >= 4 is 5.97 Å². The lowest BCUT2D eigenvalue weighted by Crippen LogP contribution is -2.29. The Bertz CT molecular complexity index is 556. The Balaban J connectivity index is 2.10. The van der Waals surface area contributed by atoms with Crippen molar-refractivity contribution in [3.05, 3.63) is 48.3 Å². The maximum Gasteiger partial charge on any atom is 0.352 e. The second-order valence-corrected chi connectivity index (χ2v) is 6.41. The van der Waals surface area contributed by atoms with E-state index >= 15 is 0 Å². The Labute approximate surface area is 133 Å². The van der Waals surface area contributed by atoms with Crippen LogP contribution in [0.3, 0.4) is 0 Å². The number of aromatic nitrogens is 1. The van der Waals surface area contributed by atoms with Gasteiger partial charge in [0.1, 0.15) is 5.69 Å². The summed E-state index contributed by atoms with van der Waals surface area (Å²) in [5, 5.41) is 9.24. The second kappa shape index (κ2) is 7.48. The summed E-state index contributed by atoms with van der Waals surface area (Å²) in [4.78, 5) is 11.2. The topological polar surface area (TPSA) is 42.2 Å². The molecule has 22 heavy (non-hydrogen) atoms. The van der Waals surface area contributed by atoms with E-state index in [1.807, 2.05) is 16.8 Å². The van der Waals surface area contributed by atoms with Crippen molar-refractivity contribution < 1.29 is 9.90 Å². The second-order valence-electron chi connectivity index (χ2n) is 6.41. The van der Waals surface area contributed by atoms with E-state index in [2.05, 4.69) is 38.2 Å². The van der Waals surface area contributed by atoms with Crippen LogP contribution in [0.5, 0.6) is 0 Å². The molecule has 1 aromatic rings. The molecule has 1 aliphatic carbocycles. The first-order chi connectivity index (χ1) is 10.6. The van der Waals surface area contributed by atoms with Crippen LogP contribution in [0.1, 0.15) is 56.4 Å². The van der Waals surface area contributed by atoms with Gasteiger partial charge in [-0.1, -0.05) is 51.0 Å².